The van der Waals surface area contributed by atoms with Crippen molar-refractivity contribution in [2.24, 2.45) is 0 Å². The summed E-state index contributed by atoms with van der Waals surface area (Å²) in [7, 11) is 0. The van der Waals surface area contributed by atoms with Gasteiger partial charge < -0.3 is 4.89 Å². The normalized spacial score (nSPS) is 25.9. The Morgan fingerprint density at radius 3 is 2.80 bits per heavy atom. The van der Waals surface area contributed by atoms with Crippen LogP contribution in [0.2, 0.25) is 0 Å². The SMILES string of the molecule is OO/C1=C/CCCCCC1. The number of hydrogen-bond donors (Lipinski definition) is 1. The van der Waals surface area contributed by atoms with Gasteiger partial charge in [0.25, 0.3) is 0 Å². The van der Waals surface area contributed by atoms with Crippen LogP contribution >= 0.6 is 0 Å². The van der Waals surface area contributed by atoms with Crippen molar-refractivity contribution in [2.75, 3.05) is 0 Å². The Kier molecular flexibility index (Phi) is 3.30. The molecule has 0 saturated heterocycles. The highest BCUT2D eigenvalue weighted by atomic mass is 17.1. The van der Waals surface area contributed by atoms with Crippen LogP contribution in [0.1, 0.15) is 38.5 Å². The van der Waals surface area contributed by atoms with Gasteiger partial charge in [0, 0.05) is 6.42 Å². The summed E-state index contributed by atoms with van der Waals surface area (Å²) >= 11 is 0. The lowest BCUT2D eigenvalue weighted by Gasteiger charge is -2.06. The van der Waals surface area contributed by atoms with Gasteiger partial charge in [0.15, 0.2) is 0 Å². The van der Waals surface area contributed by atoms with Crippen molar-refractivity contribution in [1.82, 2.24) is 0 Å². The predicted octanol–water partition coefficient (Wildman–Crippen LogP) is 2.71. The van der Waals surface area contributed by atoms with Crippen molar-refractivity contribution >= 4 is 0 Å². The van der Waals surface area contributed by atoms with Gasteiger partial charge in [-0.3, -0.25) is 0 Å². The predicted molar refractivity (Wildman–Crippen MR) is 39.5 cm³/mol. The third-order valence-electron chi connectivity index (χ3n) is 1.87. The second-order valence-electron chi connectivity index (χ2n) is 2.71. The third kappa shape index (κ3) is 2.40. The lowest BCUT2D eigenvalue weighted by atomic mass is 10.1. The summed E-state index contributed by atoms with van der Waals surface area (Å²) < 4.78 is 0. The summed E-state index contributed by atoms with van der Waals surface area (Å²) in [4.78, 5) is 4.19. The average molecular weight is 142 g/mol. The summed E-state index contributed by atoms with van der Waals surface area (Å²) in [6, 6.07) is 0. The van der Waals surface area contributed by atoms with Gasteiger partial charge in [-0.25, -0.2) is 5.26 Å². The quantitative estimate of drug-likeness (QED) is 0.450. The Morgan fingerprint density at radius 1 is 1.20 bits per heavy atom. The zero-order chi connectivity index (χ0) is 7.23. The van der Waals surface area contributed by atoms with E-state index < -0.39 is 0 Å². The number of hydrogen-bond acceptors (Lipinski definition) is 2. The van der Waals surface area contributed by atoms with E-state index in [1.165, 1.54) is 19.3 Å². The molecule has 0 aromatic heterocycles. The fourth-order valence-electron chi connectivity index (χ4n) is 1.25. The monoisotopic (exact) mass is 142 g/mol. The van der Waals surface area contributed by atoms with Crippen molar-refractivity contribution in [3.8, 4) is 0 Å². The van der Waals surface area contributed by atoms with Gasteiger partial charge in [-0.05, 0) is 25.3 Å². The fourth-order valence-corrected chi connectivity index (χ4v) is 1.25. The summed E-state index contributed by atoms with van der Waals surface area (Å²) in [5.41, 5.74) is 0. The maximum atomic E-state index is 8.34. The third-order valence-corrected chi connectivity index (χ3v) is 1.87. The van der Waals surface area contributed by atoms with Crippen LogP contribution < -0.4 is 0 Å². The Hall–Kier alpha value is -0.500. The molecule has 0 spiro atoms. The zero-order valence-electron chi connectivity index (χ0n) is 6.18. The Morgan fingerprint density at radius 2 is 2.00 bits per heavy atom. The molecule has 0 aliphatic heterocycles. The highest BCUT2D eigenvalue weighted by molar-refractivity contribution is 4.92. The minimum atomic E-state index is 0.750. The molecule has 2 nitrogen and oxygen atoms in total. The molecule has 0 bridgehead atoms. The summed E-state index contributed by atoms with van der Waals surface area (Å²) in [5.74, 6) is 0.750. The van der Waals surface area contributed by atoms with E-state index in [0.717, 1.165) is 25.0 Å². The van der Waals surface area contributed by atoms with E-state index in [4.69, 9.17) is 5.26 Å². The molecule has 0 unspecified atom stereocenters. The molecule has 0 aromatic rings. The van der Waals surface area contributed by atoms with E-state index in [0.29, 0.717) is 0 Å². The van der Waals surface area contributed by atoms with Crippen LogP contribution in [-0.2, 0) is 4.89 Å². The van der Waals surface area contributed by atoms with Gasteiger partial charge >= 0.3 is 0 Å². The molecular weight excluding hydrogens is 128 g/mol. The van der Waals surface area contributed by atoms with Crippen LogP contribution in [-0.4, -0.2) is 5.26 Å². The van der Waals surface area contributed by atoms with Gasteiger partial charge in [-0.1, -0.05) is 12.8 Å². The van der Waals surface area contributed by atoms with Gasteiger partial charge in [0.05, 0.1) is 0 Å². The smallest absolute Gasteiger partial charge is 0.138 e. The molecule has 1 N–H and O–H groups in total. The molecule has 0 radical (unpaired) electrons. The van der Waals surface area contributed by atoms with E-state index >= 15 is 0 Å². The molecule has 0 saturated carbocycles. The Bertz CT molecular complexity index is 118. The first-order valence-corrected chi connectivity index (χ1v) is 3.94. The largest absolute Gasteiger partial charge is 0.345 e. The standard InChI is InChI=1S/C8H14O2/c9-10-8-6-4-2-1-3-5-7-8/h6,9H,1-5,7H2/b8-6+. The van der Waals surface area contributed by atoms with Crippen LogP contribution in [0, 0.1) is 0 Å². The second kappa shape index (κ2) is 4.34. The maximum absolute atomic E-state index is 8.34. The van der Waals surface area contributed by atoms with Crippen LogP contribution in [0.4, 0.5) is 0 Å². The van der Waals surface area contributed by atoms with Crippen LogP contribution in [0.25, 0.3) is 0 Å². The molecule has 0 fully saturated rings. The van der Waals surface area contributed by atoms with E-state index in [1.54, 1.807) is 0 Å². The van der Waals surface area contributed by atoms with Gasteiger partial charge in [0.1, 0.15) is 5.76 Å². The molecule has 2 heteroatoms. The second-order valence-corrected chi connectivity index (χ2v) is 2.71. The molecule has 10 heavy (non-hydrogen) atoms. The average Bonchev–Trinajstić information content (AvgIpc) is 1.87. The van der Waals surface area contributed by atoms with Crippen LogP contribution in [0.15, 0.2) is 11.8 Å². The van der Waals surface area contributed by atoms with Crippen LogP contribution in [0.3, 0.4) is 0 Å². The van der Waals surface area contributed by atoms with Gasteiger partial charge in [-0.15, -0.1) is 0 Å². The van der Waals surface area contributed by atoms with Crippen molar-refractivity contribution in [3.05, 3.63) is 11.8 Å². The first-order chi connectivity index (χ1) is 4.93. The highest BCUT2D eigenvalue weighted by Gasteiger charge is 2.01. The number of rotatable bonds is 1. The first kappa shape index (κ1) is 7.61. The Balaban J connectivity index is 2.35. The van der Waals surface area contributed by atoms with Crippen LogP contribution in [0.5, 0.6) is 0 Å². The minimum Gasteiger partial charge on any atom is -0.345 e. The maximum Gasteiger partial charge on any atom is 0.138 e. The lowest BCUT2D eigenvalue weighted by Crippen LogP contribution is -1.91. The molecule has 0 aromatic carbocycles. The molecule has 58 valence electrons. The molecule has 1 rings (SSSR count). The zero-order valence-corrected chi connectivity index (χ0v) is 6.18. The first-order valence-electron chi connectivity index (χ1n) is 3.94. The molecule has 1 aliphatic rings. The molecule has 1 aliphatic carbocycles. The van der Waals surface area contributed by atoms with Crippen molar-refractivity contribution in [1.29, 1.82) is 0 Å². The van der Waals surface area contributed by atoms with E-state index in [9.17, 15) is 0 Å². The molecular formula is C8H14O2. The Labute approximate surface area is 61.4 Å². The lowest BCUT2D eigenvalue weighted by molar-refractivity contribution is -0.206. The minimum absolute atomic E-state index is 0.750. The van der Waals surface area contributed by atoms with E-state index in [2.05, 4.69) is 4.89 Å². The fraction of sp³-hybridized carbons (Fsp3) is 0.750. The highest BCUT2D eigenvalue weighted by Crippen LogP contribution is 2.16. The summed E-state index contributed by atoms with van der Waals surface area (Å²) in [5, 5.41) is 8.34. The summed E-state index contributed by atoms with van der Waals surface area (Å²) in [6.07, 6.45) is 8.89. The number of allylic oxidation sites excluding steroid dienone is 2. The molecule has 0 atom stereocenters. The van der Waals surface area contributed by atoms with Crippen molar-refractivity contribution in [2.45, 2.75) is 38.5 Å². The van der Waals surface area contributed by atoms with Gasteiger partial charge in [0.2, 0.25) is 0 Å². The van der Waals surface area contributed by atoms with E-state index in [-0.39, 0.29) is 0 Å². The topological polar surface area (TPSA) is 29.5 Å². The summed E-state index contributed by atoms with van der Waals surface area (Å²) in [6.45, 7) is 0. The van der Waals surface area contributed by atoms with Crippen molar-refractivity contribution < 1.29 is 10.1 Å². The van der Waals surface area contributed by atoms with Crippen molar-refractivity contribution in [3.63, 3.8) is 0 Å². The molecule has 0 heterocycles. The molecule has 0 amide bonds. The van der Waals surface area contributed by atoms with Gasteiger partial charge in [-0.2, -0.15) is 0 Å². The van der Waals surface area contributed by atoms with E-state index in [1.807, 2.05) is 6.08 Å².